The largest absolute Gasteiger partial charge is 0.419 e. The zero-order valence-electron chi connectivity index (χ0n) is 11.0. The molecule has 0 aromatic carbocycles. The molecule has 18 heavy (non-hydrogen) atoms. The van der Waals surface area contributed by atoms with Crippen molar-refractivity contribution < 1.29 is 13.2 Å². The second kappa shape index (κ2) is 6.22. The van der Waals surface area contributed by atoms with Crippen LogP contribution in [0.1, 0.15) is 45.2 Å². The van der Waals surface area contributed by atoms with E-state index in [4.69, 9.17) is 0 Å². The molecule has 0 bridgehead atoms. The molecule has 6 heteroatoms. The minimum Gasteiger partial charge on any atom is -0.312 e. The summed E-state index contributed by atoms with van der Waals surface area (Å²) in [4.78, 5) is 0. The molecule has 0 amide bonds. The van der Waals surface area contributed by atoms with Crippen molar-refractivity contribution in [3.05, 3.63) is 18.0 Å². The molecule has 0 spiro atoms. The van der Waals surface area contributed by atoms with Crippen LogP contribution in [0.15, 0.2) is 12.4 Å². The van der Waals surface area contributed by atoms with E-state index in [1.807, 2.05) is 6.92 Å². The van der Waals surface area contributed by atoms with E-state index >= 15 is 0 Å². The van der Waals surface area contributed by atoms with Gasteiger partial charge >= 0.3 is 6.18 Å². The van der Waals surface area contributed by atoms with E-state index in [-0.39, 0.29) is 6.04 Å². The monoisotopic (exact) mass is 263 g/mol. The van der Waals surface area contributed by atoms with Gasteiger partial charge in [0.15, 0.2) is 0 Å². The van der Waals surface area contributed by atoms with Crippen molar-refractivity contribution in [1.82, 2.24) is 15.1 Å². The number of halogens is 3. The Bertz CT molecular complexity index is 360. The molecule has 3 nitrogen and oxygen atoms in total. The lowest BCUT2D eigenvalue weighted by Crippen LogP contribution is -2.31. The summed E-state index contributed by atoms with van der Waals surface area (Å²) in [7, 11) is 0. The average Bonchev–Trinajstić information content (AvgIpc) is 2.75. The third-order valence-corrected chi connectivity index (χ3v) is 2.86. The van der Waals surface area contributed by atoms with E-state index in [0.717, 1.165) is 25.2 Å². The van der Waals surface area contributed by atoms with Crippen molar-refractivity contribution in [2.45, 2.75) is 51.9 Å². The first kappa shape index (κ1) is 15.0. The Hall–Kier alpha value is -1.04. The van der Waals surface area contributed by atoms with Gasteiger partial charge < -0.3 is 5.32 Å². The van der Waals surface area contributed by atoms with Gasteiger partial charge in [0, 0.05) is 18.8 Å². The predicted molar refractivity (Wildman–Crippen MR) is 64.3 cm³/mol. The number of nitrogens with zero attached hydrogens (tertiary/aromatic N) is 2. The van der Waals surface area contributed by atoms with Crippen LogP contribution in [0.5, 0.6) is 0 Å². The summed E-state index contributed by atoms with van der Waals surface area (Å²) in [6.45, 7) is 6.63. The molecule has 1 N–H and O–H groups in total. The lowest BCUT2D eigenvalue weighted by Gasteiger charge is -2.17. The van der Waals surface area contributed by atoms with Crippen molar-refractivity contribution >= 4 is 0 Å². The number of nitrogens with one attached hydrogen (secondary N) is 1. The highest BCUT2D eigenvalue weighted by molar-refractivity contribution is 5.08. The molecule has 1 aromatic heterocycles. The quantitative estimate of drug-likeness (QED) is 0.854. The fourth-order valence-electron chi connectivity index (χ4n) is 1.73. The summed E-state index contributed by atoms with van der Waals surface area (Å²) in [5.41, 5.74) is -0.698. The van der Waals surface area contributed by atoms with E-state index in [9.17, 15) is 13.2 Å². The van der Waals surface area contributed by atoms with Crippen molar-refractivity contribution in [1.29, 1.82) is 0 Å². The molecule has 0 saturated heterocycles. The summed E-state index contributed by atoms with van der Waals surface area (Å²) in [5.74, 6) is 0. The van der Waals surface area contributed by atoms with E-state index in [1.165, 1.54) is 4.68 Å². The van der Waals surface area contributed by atoms with Gasteiger partial charge in [-0.2, -0.15) is 18.3 Å². The van der Waals surface area contributed by atoms with E-state index < -0.39 is 11.7 Å². The molecule has 104 valence electrons. The third-order valence-electron chi connectivity index (χ3n) is 2.86. The van der Waals surface area contributed by atoms with Crippen LogP contribution in [-0.4, -0.2) is 22.4 Å². The van der Waals surface area contributed by atoms with Crippen molar-refractivity contribution in [2.24, 2.45) is 0 Å². The summed E-state index contributed by atoms with van der Waals surface area (Å²) in [6.07, 6.45) is -0.258. The van der Waals surface area contributed by atoms with E-state index in [0.29, 0.717) is 12.6 Å². The Morgan fingerprint density at radius 2 is 2.06 bits per heavy atom. The lowest BCUT2D eigenvalue weighted by atomic mass is 10.2. The van der Waals surface area contributed by atoms with Crippen molar-refractivity contribution in [2.75, 3.05) is 6.54 Å². The molecule has 0 fully saturated rings. The molecular formula is C12H20F3N3. The number of hydrogen-bond donors (Lipinski definition) is 1. The summed E-state index contributed by atoms with van der Waals surface area (Å²) in [5, 5.41) is 7.05. The fourth-order valence-corrected chi connectivity index (χ4v) is 1.73. The number of hydrogen-bond acceptors (Lipinski definition) is 2. The molecule has 0 saturated carbocycles. The minimum absolute atomic E-state index is 0.0968. The zero-order chi connectivity index (χ0) is 13.8. The van der Waals surface area contributed by atoms with Crippen LogP contribution in [0.4, 0.5) is 13.2 Å². The van der Waals surface area contributed by atoms with Crippen LogP contribution in [-0.2, 0) is 6.18 Å². The Morgan fingerprint density at radius 3 is 2.56 bits per heavy atom. The molecular weight excluding hydrogens is 243 g/mol. The standard InChI is InChI=1S/C12H20F3N3/c1-4-5-9(2)16-6-10(3)18-8-11(7-17-18)12(13,14)15/h7-10,16H,4-6H2,1-3H3. The number of rotatable bonds is 6. The van der Waals surface area contributed by atoms with Gasteiger partial charge in [-0.1, -0.05) is 13.3 Å². The normalized spacial score (nSPS) is 15.7. The van der Waals surface area contributed by atoms with Crippen LogP contribution < -0.4 is 5.32 Å². The van der Waals surface area contributed by atoms with Gasteiger partial charge in [-0.3, -0.25) is 4.68 Å². The molecule has 1 heterocycles. The second-order valence-corrected chi connectivity index (χ2v) is 4.65. The maximum Gasteiger partial charge on any atom is 0.419 e. The van der Waals surface area contributed by atoms with Crippen molar-refractivity contribution in [3.63, 3.8) is 0 Å². The van der Waals surface area contributed by atoms with Crippen LogP contribution in [0.25, 0.3) is 0 Å². The molecule has 1 aromatic rings. The van der Waals surface area contributed by atoms with Gasteiger partial charge in [0.05, 0.1) is 17.8 Å². The summed E-state index contributed by atoms with van der Waals surface area (Å²) in [6, 6.07) is 0.274. The topological polar surface area (TPSA) is 29.9 Å². The maximum absolute atomic E-state index is 12.4. The lowest BCUT2D eigenvalue weighted by molar-refractivity contribution is -0.137. The maximum atomic E-state index is 12.4. The molecule has 0 aliphatic heterocycles. The second-order valence-electron chi connectivity index (χ2n) is 4.65. The van der Waals surface area contributed by atoms with Gasteiger partial charge in [0.2, 0.25) is 0 Å². The molecule has 0 aliphatic rings. The molecule has 0 aliphatic carbocycles. The third kappa shape index (κ3) is 4.33. The van der Waals surface area contributed by atoms with Gasteiger partial charge in [-0.15, -0.1) is 0 Å². The molecule has 2 unspecified atom stereocenters. The SMILES string of the molecule is CCCC(C)NCC(C)n1cc(C(F)(F)F)cn1. The fraction of sp³-hybridized carbons (Fsp3) is 0.750. The average molecular weight is 263 g/mol. The van der Waals surface area contributed by atoms with E-state index in [2.05, 4.69) is 24.3 Å². The Morgan fingerprint density at radius 1 is 1.39 bits per heavy atom. The Kier molecular flexibility index (Phi) is 5.19. The predicted octanol–water partition coefficient (Wildman–Crippen LogP) is 3.24. The Balaban J connectivity index is 2.52. The van der Waals surface area contributed by atoms with Crippen molar-refractivity contribution in [3.8, 4) is 0 Å². The van der Waals surface area contributed by atoms with Crippen LogP contribution in [0.2, 0.25) is 0 Å². The summed E-state index contributed by atoms with van der Waals surface area (Å²) < 4.78 is 38.6. The smallest absolute Gasteiger partial charge is 0.312 e. The summed E-state index contributed by atoms with van der Waals surface area (Å²) >= 11 is 0. The molecule has 2 atom stereocenters. The van der Waals surface area contributed by atoms with Gasteiger partial charge in [0.25, 0.3) is 0 Å². The minimum atomic E-state index is -4.32. The van der Waals surface area contributed by atoms with Crippen LogP contribution >= 0.6 is 0 Å². The van der Waals surface area contributed by atoms with Gasteiger partial charge in [0.1, 0.15) is 0 Å². The highest BCUT2D eigenvalue weighted by Gasteiger charge is 2.32. The first-order valence-electron chi connectivity index (χ1n) is 6.19. The first-order valence-corrected chi connectivity index (χ1v) is 6.19. The number of aromatic nitrogens is 2. The van der Waals surface area contributed by atoms with E-state index in [1.54, 1.807) is 0 Å². The Labute approximate surface area is 105 Å². The highest BCUT2D eigenvalue weighted by Crippen LogP contribution is 2.28. The van der Waals surface area contributed by atoms with Gasteiger partial charge in [-0.05, 0) is 20.3 Å². The van der Waals surface area contributed by atoms with Crippen LogP contribution in [0, 0.1) is 0 Å². The van der Waals surface area contributed by atoms with Gasteiger partial charge in [-0.25, -0.2) is 0 Å². The first-order chi connectivity index (χ1) is 8.34. The highest BCUT2D eigenvalue weighted by atomic mass is 19.4. The molecule has 0 radical (unpaired) electrons. The molecule has 1 rings (SSSR count). The van der Waals surface area contributed by atoms with Crippen LogP contribution in [0.3, 0.4) is 0 Å². The zero-order valence-corrected chi connectivity index (χ0v) is 11.0. The number of alkyl halides is 3.